The van der Waals surface area contributed by atoms with Crippen molar-refractivity contribution in [2.24, 2.45) is 0 Å². The van der Waals surface area contributed by atoms with Crippen LogP contribution >= 0.6 is 0 Å². The molecule has 0 radical (unpaired) electrons. The minimum Gasteiger partial charge on any atom is -0.376 e. The van der Waals surface area contributed by atoms with Crippen LogP contribution in [0, 0.1) is 11.3 Å². The average molecular weight is 266 g/mol. The van der Waals surface area contributed by atoms with E-state index in [0.717, 1.165) is 17.1 Å². The molecular formula is C16H18N4. The molecule has 0 spiro atoms. The molecule has 0 saturated heterocycles. The molecule has 2 aromatic rings. The van der Waals surface area contributed by atoms with E-state index in [-0.39, 0.29) is 6.04 Å². The maximum absolute atomic E-state index is 8.82. The Morgan fingerprint density at radius 1 is 1.20 bits per heavy atom. The third-order valence-electron chi connectivity index (χ3n) is 3.12. The maximum atomic E-state index is 8.82. The van der Waals surface area contributed by atoms with Crippen LogP contribution in [0.3, 0.4) is 0 Å². The molecule has 1 N–H and O–H groups in total. The first-order valence-electron chi connectivity index (χ1n) is 6.50. The lowest BCUT2D eigenvalue weighted by Gasteiger charge is -2.21. The highest BCUT2D eigenvalue weighted by molar-refractivity contribution is 5.65. The monoisotopic (exact) mass is 266 g/mol. The third kappa shape index (κ3) is 3.07. The summed E-state index contributed by atoms with van der Waals surface area (Å²) < 4.78 is 0. The Morgan fingerprint density at radius 2 is 1.90 bits per heavy atom. The maximum Gasteiger partial charge on any atom is 0.151 e. The van der Waals surface area contributed by atoms with Crippen LogP contribution in [-0.2, 0) is 0 Å². The van der Waals surface area contributed by atoms with E-state index in [4.69, 9.17) is 5.26 Å². The van der Waals surface area contributed by atoms with E-state index in [1.807, 2.05) is 55.4 Å². The van der Waals surface area contributed by atoms with Gasteiger partial charge in [0.2, 0.25) is 0 Å². The van der Waals surface area contributed by atoms with Gasteiger partial charge in [-0.05, 0) is 36.8 Å². The van der Waals surface area contributed by atoms with E-state index in [0.29, 0.717) is 5.56 Å². The molecule has 0 aliphatic rings. The van der Waals surface area contributed by atoms with Gasteiger partial charge in [-0.25, -0.2) is 4.98 Å². The van der Waals surface area contributed by atoms with Gasteiger partial charge < -0.3 is 10.2 Å². The predicted octanol–water partition coefficient (Wildman–Crippen LogP) is 3.19. The second-order valence-electron chi connectivity index (χ2n) is 4.87. The van der Waals surface area contributed by atoms with Crippen molar-refractivity contribution in [2.75, 3.05) is 24.3 Å². The zero-order valence-corrected chi connectivity index (χ0v) is 12.0. The average Bonchev–Trinajstić information content (AvgIpc) is 2.47. The van der Waals surface area contributed by atoms with Gasteiger partial charge in [0.25, 0.3) is 0 Å². The lowest BCUT2D eigenvalue weighted by molar-refractivity contribution is 0.879. The van der Waals surface area contributed by atoms with Crippen LogP contribution in [0.15, 0.2) is 42.6 Å². The molecule has 4 heteroatoms. The van der Waals surface area contributed by atoms with Crippen LogP contribution in [0.1, 0.15) is 24.1 Å². The largest absolute Gasteiger partial charge is 0.376 e. The lowest BCUT2D eigenvalue weighted by atomic mass is 10.1. The van der Waals surface area contributed by atoms with Crippen LogP contribution in [0.4, 0.5) is 11.5 Å². The molecule has 0 bridgehead atoms. The highest BCUT2D eigenvalue weighted by Crippen LogP contribution is 2.25. The summed E-state index contributed by atoms with van der Waals surface area (Å²) >= 11 is 0. The number of benzene rings is 1. The van der Waals surface area contributed by atoms with E-state index in [1.54, 1.807) is 6.20 Å². The number of nitrogens with one attached hydrogen (secondary N) is 1. The van der Waals surface area contributed by atoms with Gasteiger partial charge in [-0.15, -0.1) is 0 Å². The van der Waals surface area contributed by atoms with E-state index >= 15 is 0 Å². The fourth-order valence-electron chi connectivity index (χ4n) is 2.03. The predicted molar refractivity (Wildman–Crippen MR) is 81.8 cm³/mol. The molecule has 1 heterocycles. The first-order chi connectivity index (χ1) is 9.61. The Bertz CT molecular complexity index is 611. The van der Waals surface area contributed by atoms with E-state index in [2.05, 4.69) is 23.3 Å². The fraction of sp³-hybridized carbons (Fsp3) is 0.250. The number of nitrogens with zero attached hydrogens (tertiary/aromatic N) is 3. The smallest absolute Gasteiger partial charge is 0.151 e. The van der Waals surface area contributed by atoms with Crippen molar-refractivity contribution < 1.29 is 0 Å². The van der Waals surface area contributed by atoms with Gasteiger partial charge in [-0.1, -0.05) is 12.1 Å². The fourth-order valence-corrected chi connectivity index (χ4v) is 2.03. The Morgan fingerprint density at radius 3 is 2.50 bits per heavy atom. The van der Waals surface area contributed by atoms with Gasteiger partial charge >= 0.3 is 0 Å². The first-order valence-corrected chi connectivity index (χ1v) is 6.50. The topological polar surface area (TPSA) is 52.0 Å². The second-order valence-corrected chi connectivity index (χ2v) is 4.87. The summed E-state index contributed by atoms with van der Waals surface area (Å²) in [7, 11) is 3.94. The Kier molecular flexibility index (Phi) is 4.21. The normalized spacial score (nSPS) is 11.5. The molecule has 1 aromatic heterocycles. The molecule has 1 aromatic carbocycles. The van der Waals surface area contributed by atoms with Gasteiger partial charge in [-0.3, -0.25) is 0 Å². The van der Waals surface area contributed by atoms with Crippen molar-refractivity contribution in [3.8, 4) is 6.07 Å². The van der Waals surface area contributed by atoms with Gasteiger partial charge in [0, 0.05) is 26.3 Å². The lowest BCUT2D eigenvalue weighted by Crippen LogP contribution is -2.15. The molecule has 0 amide bonds. The van der Waals surface area contributed by atoms with Crippen molar-refractivity contribution in [1.29, 1.82) is 5.26 Å². The van der Waals surface area contributed by atoms with Gasteiger partial charge in [0.1, 0.15) is 0 Å². The van der Waals surface area contributed by atoms with Gasteiger partial charge in [0.15, 0.2) is 5.82 Å². The zero-order valence-electron chi connectivity index (χ0n) is 12.0. The number of aromatic nitrogens is 1. The number of anilines is 2. The highest BCUT2D eigenvalue weighted by Gasteiger charge is 2.10. The Labute approximate surface area is 119 Å². The first kappa shape index (κ1) is 13.9. The molecular weight excluding hydrogens is 248 g/mol. The summed E-state index contributed by atoms with van der Waals surface area (Å²) in [6.45, 7) is 2.09. The summed E-state index contributed by atoms with van der Waals surface area (Å²) in [6.07, 6.45) is 1.78. The van der Waals surface area contributed by atoms with Crippen LogP contribution in [0.5, 0.6) is 0 Å². The van der Waals surface area contributed by atoms with Crippen molar-refractivity contribution in [3.63, 3.8) is 0 Å². The van der Waals surface area contributed by atoms with E-state index < -0.39 is 0 Å². The second kappa shape index (κ2) is 6.07. The molecule has 20 heavy (non-hydrogen) atoms. The number of rotatable bonds is 4. The molecule has 102 valence electrons. The number of hydrogen-bond acceptors (Lipinski definition) is 4. The molecule has 1 atom stereocenters. The van der Waals surface area contributed by atoms with Gasteiger partial charge in [0.05, 0.1) is 17.3 Å². The molecule has 0 aliphatic carbocycles. The van der Waals surface area contributed by atoms with Gasteiger partial charge in [-0.2, -0.15) is 5.26 Å². The standard InChI is InChI=1S/C16H18N4/c1-12(14-8-6-13(11-17)7-9-14)19-15-5-4-10-18-16(15)20(2)3/h4-10,12,19H,1-3H3. The van der Waals surface area contributed by atoms with Crippen molar-refractivity contribution in [1.82, 2.24) is 4.98 Å². The van der Waals surface area contributed by atoms with E-state index in [1.165, 1.54) is 0 Å². The summed E-state index contributed by atoms with van der Waals surface area (Å²) in [4.78, 5) is 6.35. The van der Waals surface area contributed by atoms with Crippen LogP contribution in [0.25, 0.3) is 0 Å². The summed E-state index contributed by atoms with van der Waals surface area (Å²) in [6, 6.07) is 13.8. The quantitative estimate of drug-likeness (QED) is 0.923. The number of pyridine rings is 1. The minimum atomic E-state index is 0.144. The Hall–Kier alpha value is -2.54. The minimum absolute atomic E-state index is 0.144. The SMILES string of the molecule is CC(Nc1cccnc1N(C)C)c1ccc(C#N)cc1. The van der Waals surface area contributed by atoms with Crippen LogP contribution in [-0.4, -0.2) is 19.1 Å². The van der Waals surface area contributed by atoms with Crippen molar-refractivity contribution in [3.05, 3.63) is 53.7 Å². The summed E-state index contributed by atoms with van der Waals surface area (Å²) in [5, 5.41) is 12.3. The number of hydrogen-bond donors (Lipinski definition) is 1. The van der Waals surface area contributed by atoms with Crippen LogP contribution in [0.2, 0.25) is 0 Å². The summed E-state index contributed by atoms with van der Waals surface area (Å²) in [5.74, 6) is 0.910. The third-order valence-corrected chi connectivity index (χ3v) is 3.12. The molecule has 1 unspecified atom stereocenters. The molecule has 0 fully saturated rings. The molecule has 0 aliphatic heterocycles. The number of nitriles is 1. The molecule has 4 nitrogen and oxygen atoms in total. The zero-order chi connectivity index (χ0) is 14.5. The van der Waals surface area contributed by atoms with Crippen molar-refractivity contribution >= 4 is 11.5 Å². The Balaban J connectivity index is 2.19. The summed E-state index contributed by atoms with van der Waals surface area (Å²) in [5.41, 5.74) is 2.81. The van der Waals surface area contributed by atoms with Crippen LogP contribution < -0.4 is 10.2 Å². The van der Waals surface area contributed by atoms with Crippen molar-refractivity contribution in [2.45, 2.75) is 13.0 Å². The highest BCUT2D eigenvalue weighted by atomic mass is 15.2. The molecule has 2 rings (SSSR count). The van der Waals surface area contributed by atoms with E-state index in [9.17, 15) is 0 Å². The molecule has 0 saturated carbocycles.